The molecule has 0 amide bonds. The highest BCUT2D eigenvalue weighted by Gasteiger charge is 2.35. The van der Waals surface area contributed by atoms with E-state index >= 15 is 0 Å². The summed E-state index contributed by atoms with van der Waals surface area (Å²) in [6.07, 6.45) is 4.85. The zero-order valence-electron chi connectivity index (χ0n) is 13.4. The molecule has 1 saturated heterocycles. The molecule has 1 N–H and O–H groups in total. The molecule has 7 nitrogen and oxygen atoms in total. The number of hydrogen-bond donors (Lipinski definition) is 1. The van der Waals surface area contributed by atoms with Gasteiger partial charge in [-0.25, -0.2) is 14.1 Å². The van der Waals surface area contributed by atoms with Crippen molar-refractivity contribution < 1.29 is 9.50 Å². The summed E-state index contributed by atoms with van der Waals surface area (Å²) in [7, 11) is 1.87. The van der Waals surface area contributed by atoms with Crippen LogP contribution < -0.4 is 4.90 Å². The number of hydrogen-bond acceptors (Lipinski definition) is 5. The van der Waals surface area contributed by atoms with Crippen LogP contribution in [0.1, 0.15) is 12.8 Å². The van der Waals surface area contributed by atoms with E-state index in [1.165, 1.54) is 6.07 Å². The average Bonchev–Trinajstić information content (AvgIpc) is 3.16. The quantitative estimate of drug-likeness (QED) is 0.784. The number of β-amino-alcohol motifs (C(OH)–C–C–N with tert-alkyl or cyclic N) is 1. The molecule has 1 aromatic carbocycles. The van der Waals surface area contributed by atoms with Gasteiger partial charge < -0.3 is 14.6 Å². The van der Waals surface area contributed by atoms with E-state index in [1.54, 1.807) is 23.1 Å². The third-order valence-corrected chi connectivity index (χ3v) is 4.61. The second-order valence-corrected chi connectivity index (χ2v) is 6.43. The van der Waals surface area contributed by atoms with Gasteiger partial charge in [0.1, 0.15) is 11.1 Å². The van der Waals surface area contributed by atoms with E-state index in [1.807, 2.05) is 22.6 Å². The predicted octanol–water partition coefficient (Wildman–Crippen LogP) is 1.34. The zero-order valence-corrected chi connectivity index (χ0v) is 13.4. The molecule has 1 fully saturated rings. The van der Waals surface area contributed by atoms with Crippen LogP contribution in [0.4, 0.5) is 10.3 Å². The van der Waals surface area contributed by atoms with Crippen molar-refractivity contribution in [2.75, 3.05) is 18.0 Å². The topological polar surface area (TPSA) is 72.0 Å². The predicted molar refractivity (Wildman–Crippen MR) is 87.1 cm³/mol. The molecule has 126 valence electrons. The molecular formula is C16H19FN6O. The second kappa shape index (κ2) is 5.55. The van der Waals surface area contributed by atoms with E-state index in [-0.39, 0.29) is 5.82 Å². The Bertz CT molecular complexity index is 861. The van der Waals surface area contributed by atoms with Crippen molar-refractivity contribution in [3.63, 3.8) is 0 Å². The normalized spacial score (nSPS) is 21.5. The van der Waals surface area contributed by atoms with Crippen molar-refractivity contribution >= 4 is 17.0 Å². The number of nitrogens with zero attached hydrogens (tertiary/aromatic N) is 6. The van der Waals surface area contributed by atoms with Gasteiger partial charge in [-0.15, -0.1) is 5.10 Å². The Morgan fingerprint density at radius 2 is 2.25 bits per heavy atom. The van der Waals surface area contributed by atoms with Crippen LogP contribution in [-0.2, 0) is 13.6 Å². The van der Waals surface area contributed by atoms with Crippen molar-refractivity contribution in [2.45, 2.75) is 25.0 Å². The van der Waals surface area contributed by atoms with Crippen LogP contribution in [0.25, 0.3) is 11.0 Å². The number of anilines is 1. The number of aryl methyl sites for hydroxylation is 1. The summed E-state index contributed by atoms with van der Waals surface area (Å²) in [5.74, 6) is 0.344. The average molecular weight is 330 g/mol. The van der Waals surface area contributed by atoms with Gasteiger partial charge in [-0.05, 0) is 25.0 Å². The fourth-order valence-electron chi connectivity index (χ4n) is 3.48. The summed E-state index contributed by atoms with van der Waals surface area (Å²) in [6, 6.07) is 4.94. The lowest BCUT2D eigenvalue weighted by atomic mass is 9.93. The minimum Gasteiger partial charge on any atom is -0.386 e. The number of halogens is 1. The Kier molecular flexibility index (Phi) is 3.49. The summed E-state index contributed by atoms with van der Waals surface area (Å²) < 4.78 is 17.5. The Labute approximate surface area is 138 Å². The fourth-order valence-corrected chi connectivity index (χ4v) is 3.48. The molecule has 8 heteroatoms. The lowest BCUT2D eigenvalue weighted by molar-refractivity contribution is 0.00557. The van der Waals surface area contributed by atoms with Gasteiger partial charge in [0.25, 0.3) is 0 Å². The zero-order chi connectivity index (χ0) is 16.7. The first-order chi connectivity index (χ1) is 11.6. The highest BCUT2D eigenvalue weighted by Crippen LogP contribution is 2.29. The first-order valence-corrected chi connectivity index (χ1v) is 7.98. The van der Waals surface area contributed by atoms with Crippen molar-refractivity contribution in [1.82, 2.24) is 24.5 Å². The molecule has 1 aliphatic heterocycles. The lowest BCUT2D eigenvalue weighted by Crippen LogP contribution is -2.51. The van der Waals surface area contributed by atoms with Crippen LogP contribution in [0.5, 0.6) is 0 Å². The number of benzene rings is 1. The maximum atomic E-state index is 14.0. The Morgan fingerprint density at radius 1 is 1.38 bits per heavy atom. The first kappa shape index (κ1) is 15.1. The fraction of sp³-hybridized carbons (Fsp3) is 0.438. The molecule has 3 heterocycles. The third-order valence-electron chi connectivity index (χ3n) is 4.61. The van der Waals surface area contributed by atoms with Crippen LogP contribution in [0.2, 0.25) is 0 Å². The van der Waals surface area contributed by atoms with Crippen LogP contribution >= 0.6 is 0 Å². The van der Waals surface area contributed by atoms with E-state index in [0.29, 0.717) is 31.0 Å². The number of aliphatic hydroxyl groups is 1. The van der Waals surface area contributed by atoms with Gasteiger partial charge in [-0.3, -0.25) is 0 Å². The van der Waals surface area contributed by atoms with Crippen LogP contribution in [-0.4, -0.2) is 48.3 Å². The van der Waals surface area contributed by atoms with Gasteiger partial charge in [0.15, 0.2) is 5.82 Å². The van der Waals surface area contributed by atoms with Crippen molar-refractivity contribution in [3.8, 4) is 0 Å². The number of rotatable bonds is 3. The molecule has 1 unspecified atom stereocenters. The third kappa shape index (κ3) is 2.52. The Morgan fingerprint density at radius 3 is 3.00 bits per heavy atom. The molecule has 1 aliphatic rings. The van der Waals surface area contributed by atoms with Gasteiger partial charge in [0.05, 0.1) is 24.8 Å². The number of para-hydroxylation sites is 1. The summed E-state index contributed by atoms with van der Waals surface area (Å²) in [5.41, 5.74) is 0.193. The summed E-state index contributed by atoms with van der Waals surface area (Å²) in [6.45, 7) is 1.58. The minimum absolute atomic E-state index is 0.329. The van der Waals surface area contributed by atoms with Gasteiger partial charge in [-0.2, -0.15) is 0 Å². The van der Waals surface area contributed by atoms with Gasteiger partial charge in [-0.1, -0.05) is 11.3 Å². The molecule has 0 aliphatic carbocycles. The van der Waals surface area contributed by atoms with Crippen LogP contribution in [0.3, 0.4) is 0 Å². The standard InChI is InChI=1S/C16H19FN6O/c1-21-13-5-2-4-12(17)14(13)19-15(21)22-8-3-6-16(24,10-22)11-23-9-7-18-20-23/h2,4-5,7,9,24H,3,6,8,10-11H2,1H3. The van der Waals surface area contributed by atoms with E-state index in [4.69, 9.17) is 0 Å². The second-order valence-electron chi connectivity index (χ2n) is 6.43. The van der Waals surface area contributed by atoms with E-state index in [0.717, 1.165) is 18.5 Å². The van der Waals surface area contributed by atoms with E-state index in [2.05, 4.69) is 15.3 Å². The number of fused-ring (bicyclic) bond motifs is 1. The summed E-state index contributed by atoms with van der Waals surface area (Å²) >= 11 is 0. The maximum Gasteiger partial charge on any atom is 0.206 e. The molecule has 0 saturated carbocycles. The van der Waals surface area contributed by atoms with Crippen LogP contribution in [0, 0.1) is 5.82 Å². The highest BCUT2D eigenvalue weighted by molar-refractivity contribution is 5.79. The maximum absolute atomic E-state index is 14.0. The van der Waals surface area contributed by atoms with Gasteiger partial charge in [0, 0.05) is 19.8 Å². The largest absolute Gasteiger partial charge is 0.386 e. The summed E-state index contributed by atoms with van der Waals surface area (Å²) in [4.78, 5) is 6.48. The first-order valence-electron chi connectivity index (χ1n) is 7.98. The van der Waals surface area contributed by atoms with E-state index in [9.17, 15) is 9.50 Å². The lowest BCUT2D eigenvalue weighted by Gasteiger charge is -2.39. The summed E-state index contributed by atoms with van der Waals surface area (Å²) in [5, 5.41) is 18.7. The SMILES string of the molecule is Cn1c(N2CCCC(O)(Cn3ccnn3)C2)nc2c(F)cccc21. The van der Waals surface area contributed by atoms with Crippen molar-refractivity contribution in [1.29, 1.82) is 0 Å². The molecule has 0 bridgehead atoms. The van der Waals surface area contributed by atoms with Crippen molar-refractivity contribution in [3.05, 3.63) is 36.4 Å². The molecule has 24 heavy (non-hydrogen) atoms. The van der Waals surface area contributed by atoms with Crippen LogP contribution in [0.15, 0.2) is 30.6 Å². The number of piperidine rings is 1. The van der Waals surface area contributed by atoms with Gasteiger partial charge in [0.2, 0.25) is 5.95 Å². The molecule has 2 aromatic heterocycles. The smallest absolute Gasteiger partial charge is 0.206 e. The molecule has 3 aromatic rings. The highest BCUT2D eigenvalue weighted by atomic mass is 19.1. The number of imidazole rings is 1. The monoisotopic (exact) mass is 330 g/mol. The molecule has 4 rings (SSSR count). The molecule has 1 atom stereocenters. The molecule has 0 spiro atoms. The molecular weight excluding hydrogens is 311 g/mol. The molecule has 0 radical (unpaired) electrons. The Hall–Kier alpha value is -2.48. The Balaban J connectivity index is 1.64. The van der Waals surface area contributed by atoms with E-state index < -0.39 is 5.60 Å². The van der Waals surface area contributed by atoms with Crippen molar-refractivity contribution in [2.24, 2.45) is 7.05 Å². The van der Waals surface area contributed by atoms with Gasteiger partial charge >= 0.3 is 0 Å². The number of aromatic nitrogens is 5. The minimum atomic E-state index is -0.914.